The van der Waals surface area contributed by atoms with Crippen LogP contribution in [0, 0.1) is 17.2 Å². The third kappa shape index (κ3) is 2.88. The lowest BCUT2D eigenvalue weighted by molar-refractivity contribution is -0.0156. The van der Waals surface area contributed by atoms with E-state index in [2.05, 4.69) is 24.8 Å². The molecule has 0 bridgehead atoms. The number of piperidine rings is 1. The number of likely N-dealkylation sites (tertiary alicyclic amines) is 1. The summed E-state index contributed by atoms with van der Waals surface area (Å²) in [6.07, 6.45) is 11.7. The maximum Gasteiger partial charge on any atom is 0.0625 e. The van der Waals surface area contributed by atoms with Crippen LogP contribution in [0.3, 0.4) is 0 Å². The molecular weight excluding hydrogens is 220 g/mol. The topological polar surface area (TPSA) is 27.0 Å². The molecule has 1 heterocycles. The van der Waals surface area contributed by atoms with Crippen LogP contribution in [0.2, 0.25) is 0 Å². The van der Waals surface area contributed by atoms with Gasteiger partial charge in [0.05, 0.1) is 6.07 Å². The highest BCUT2D eigenvalue weighted by atomic mass is 15.2. The molecule has 1 aliphatic carbocycles. The molecule has 18 heavy (non-hydrogen) atoms. The van der Waals surface area contributed by atoms with Gasteiger partial charge < -0.3 is 0 Å². The number of nitrogens with zero attached hydrogens (tertiary/aromatic N) is 2. The molecule has 2 fully saturated rings. The molecule has 2 rings (SSSR count). The fourth-order valence-corrected chi connectivity index (χ4v) is 4.07. The maximum atomic E-state index is 9.02. The van der Waals surface area contributed by atoms with Crippen LogP contribution in [-0.4, -0.2) is 23.0 Å². The Bertz CT molecular complexity index is 295. The molecule has 1 saturated heterocycles. The Hall–Kier alpha value is -0.550. The maximum absolute atomic E-state index is 9.02. The fourth-order valence-electron chi connectivity index (χ4n) is 4.07. The summed E-state index contributed by atoms with van der Waals surface area (Å²) in [6.45, 7) is 6.00. The van der Waals surface area contributed by atoms with Crippen molar-refractivity contribution in [3.63, 3.8) is 0 Å². The summed E-state index contributed by atoms with van der Waals surface area (Å²) in [5.74, 6) is 0.569. The van der Waals surface area contributed by atoms with Crippen molar-refractivity contribution >= 4 is 0 Å². The minimum Gasteiger partial charge on any atom is -0.295 e. The second-order valence-electron chi connectivity index (χ2n) is 6.69. The van der Waals surface area contributed by atoms with Crippen molar-refractivity contribution in [2.45, 2.75) is 83.2 Å². The molecule has 0 aromatic carbocycles. The average Bonchev–Trinajstić information content (AvgIpc) is 2.60. The lowest BCUT2D eigenvalue weighted by atomic mass is 9.76. The average molecular weight is 248 g/mol. The largest absolute Gasteiger partial charge is 0.295 e. The molecule has 2 nitrogen and oxygen atoms in total. The summed E-state index contributed by atoms with van der Waals surface area (Å²) in [7, 11) is 0. The molecular formula is C16H28N2. The Labute approximate surface area is 112 Å². The van der Waals surface area contributed by atoms with E-state index in [9.17, 15) is 0 Å². The summed E-state index contributed by atoms with van der Waals surface area (Å²) >= 11 is 0. The fraction of sp³-hybridized carbons (Fsp3) is 0.938. The van der Waals surface area contributed by atoms with Gasteiger partial charge in [0.25, 0.3) is 0 Å². The van der Waals surface area contributed by atoms with Gasteiger partial charge in [-0.1, -0.05) is 25.7 Å². The summed E-state index contributed by atoms with van der Waals surface area (Å²) in [4.78, 5) is 2.75. The summed E-state index contributed by atoms with van der Waals surface area (Å²) in [6, 6.07) is 3.18. The summed E-state index contributed by atoms with van der Waals surface area (Å²) < 4.78 is 0. The van der Waals surface area contributed by atoms with E-state index in [1.807, 2.05) is 0 Å². The van der Waals surface area contributed by atoms with Gasteiger partial charge in [0.2, 0.25) is 0 Å². The van der Waals surface area contributed by atoms with E-state index < -0.39 is 0 Å². The first-order valence-electron chi connectivity index (χ1n) is 7.80. The zero-order valence-electron chi connectivity index (χ0n) is 12.1. The lowest BCUT2D eigenvalue weighted by Crippen LogP contribution is -2.57. The summed E-state index contributed by atoms with van der Waals surface area (Å²) in [5, 5.41) is 9.02. The normalized spacial score (nSPS) is 30.6. The molecule has 0 N–H and O–H groups in total. The van der Waals surface area contributed by atoms with Gasteiger partial charge in [-0.15, -0.1) is 0 Å². The SMILES string of the molecule is CC1(C)C(CC#N)CCCN1C1CCCCCC1. The molecule has 0 amide bonds. The van der Waals surface area contributed by atoms with Crippen LogP contribution in [0.25, 0.3) is 0 Å². The molecule has 0 spiro atoms. The standard InChI is InChI=1S/C16H28N2/c1-16(2)14(11-12-17)8-7-13-18(16)15-9-5-3-4-6-10-15/h14-15H,3-11,13H2,1-2H3. The molecule has 1 aliphatic heterocycles. The van der Waals surface area contributed by atoms with Crippen LogP contribution < -0.4 is 0 Å². The third-order valence-electron chi connectivity index (χ3n) is 5.29. The van der Waals surface area contributed by atoms with E-state index >= 15 is 0 Å². The first-order valence-corrected chi connectivity index (χ1v) is 7.80. The van der Waals surface area contributed by atoms with Gasteiger partial charge in [0.1, 0.15) is 0 Å². The van der Waals surface area contributed by atoms with Crippen molar-refractivity contribution in [1.82, 2.24) is 4.90 Å². The molecule has 0 aromatic rings. The zero-order chi connectivity index (χ0) is 13.0. The molecule has 0 aromatic heterocycles. The molecule has 2 aliphatic rings. The Morgan fingerprint density at radius 2 is 1.72 bits per heavy atom. The van der Waals surface area contributed by atoms with Crippen molar-refractivity contribution in [3.8, 4) is 6.07 Å². The monoisotopic (exact) mass is 248 g/mol. The third-order valence-corrected chi connectivity index (χ3v) is 5.29. The van der Waals surface area contributed by atoms with Crippen LogP contribution in [0.1, 0.15) is 71.6 Å². The van der Waals surface area contributed by atoms with E-state index in [1.165, 1.54) is 57.9 Å². The van der Waals surface area contributed by atoms with Crippen LogP contribution in [-0.2, 0) is 0 Å². The van der Waals surface area contributed by atoms with Crippen LogP contribution in [0.4, 0.5) is 0 Å². The highest BCUT2D eigenvalue weighted by Crippen LogP contribution is 2.39. The smallest absolute Gasteiger partial charge is 0.0625 e. The first-order chi connectivity index (χ1) is 8.66. The molecule has 1 atom stereocenters. The molecule has 102 valence electrons. The second kappa shape index (κ2) is 6.06. The van der Waals surface area contributed by atoms with E-state index in [1.54, 1.807) is 0 Å². The van der Waals surface area contributed by atoms with Crippen molar-refractivity contribution in [2.24, 2.45) is 5.92 Å². The first kappa shape index (κ1) is 13.9. The van der Waals surface area contributed by atoms with E-state index in [0.717, 1.165) is 12.5 Å². The molecule has 1 saturated carbocycles. The van der Waals surface area contributed by atoms with E-state index in [4.69, 9.17) is 5.26 Å². The molecule has 1 unspecified atom stereocenters. The number of hydrogen-bond acceptors (Lipinski definition) is 2. The van der Waals surface area contributed by atoms with Crippen molar-refractivity contribution in [1.29, 1.82) is 5.26 Å². The van der Waals surface area contributed by atoms with Gasteiger partial charge in [-0.05, 0) is 52.0 Å². The van der Waals surface area contributed by atoms with E-state index in [-0.39, 0.29) is 5.54 Å². The number of nitriles is 1. The second-order valence-corrected chi connectivity index (χ2v) is 6.69. The predicted octanol–water partition coefficient (Wildman–Crippen LogP) is 4.11. The van der Waals surface area contributed by atoms with Gasteiger partial charge in [0.15, 0.2) is 0 Å². The Balaban J connectivity index is 2.07. The Morgan fingerprint density at radius 1 is 1.06 bits per heavy atom. The predicted molar refractivity (Wildman–Crippen MR) is 75.2 cm³/mol. The highest BCUT2D eigenvalue weighted by molar-refractivity contribution is 4.98. The Kier molecular flexibility index (Phi) is 4.67. The van der Waals surface area contributed by atoms with Crippen molar-refractivity contribution in [2.75, 3.05) is 6.54 Å². The van der Waals surface area contributed by atoms with Crippen LogP contribution >= 0.6 is 0 Å². The van der Waals surface area contributed by atoms with Crippen molar-refractivity contribution in [3.05, 3.63) is 0 Å². The van der Waals surface area contributed by atoms with Gasteiger partial charge >= 0.3 is 0 Å². The lowest BCUT2D eigenvalue weighted by Gasteiger charge is -2.51. The molecule has 2 heteroatoms. The van der Waals surface area contributed by atoms with Crippen LogP contribution in [0.5, 0.6) is 0 Å². The zero-order valence-corrected chi connectivity index (χ0v) is 12.1. The summed E-state index contributed by atoms with van der Waals surface area (Å²) in [5.41, 5.74) is 0.225. The quantitative estimate of drug-likeness (QED) is 0.688. The van der Waals surface area contributed by atoms with Gasteiger partial charge in [0, 0.05) is 18.0 Å². The van der Waals surface area contributed by atoms with Crippen LogP contribution in [0.15, 0.2) is 0 Å². The highest BCUT2D eigenvalue weighted by Gasteiger charge is 2.41. The van der Waals surface area contributed by atoms with Gasteiger partial charge in [-0.3, -0.25) is 4.90 Å². The Morgan fingerprint density at radius 3 is 2.33 bits per heavy atom. The van der Waals surface area contributed by atoms with Gasteiger partial charge in [-0.2, -0.15) is 5.26 Å². The number of hydrogen-bond donors (Lipinski definition) is 0. The van der Waals surface area contributed by atoms with E-state index in [0.29, 0.717) is 5.92 Å². The minimum atomic E-state index is 0.225. The van der Waals surface area contributed by atoms with Gasteiger partial charge in [-0.25, -0.2) is 0 Å². The van der Waals surface area contributed by atoms with Crippen molar-refractivity contribution < 1.29 is 0 Å². The molecule has 0 radical (unpaired) electrons. The number of rotatable bonds is 2. The minimum absolute atomic E-state index is 0.225.